The Morgan fingerprint density at radius 3 is 2.85 bits per heavy atom. The highest BCUT2D eigenvalue weighted by molar-refractivity contribution is 9.11. The molecule has 1 rings (SSSR count). The zero-order chi connectivity index (χ0) is 9.84. The number of carbonyl (C=O) groups is 1. The Morgan fingerprint density at radius 2 is 2.38 bits per heavy atom. The minimum Gasteiger partial charge on any atom is -0.337 e. The van der Waals surface area contributed by atoms with E-state index in [4.69, 9.17) is 0 Å². The third-order valence-corrected chi connectivity index (χ3v) is 3.67. The van der Waals surface area contributed by atoms with Gasteiger partial charge >= 0.3 is 0 Å². The first kappa shape index (κ1) is 11.1. The summed E-state index contributed by atoms with van der Waals surface area (Å²) in [6.45, 7) is 0.718. The van der Waals surface area contributed by atoms with Gasteiger partial charge in [-0.25, -0.2) is 0 Å². The lowest BCUT2D eigenvalue weighted by atomic mass is 10.3. The van der Waals surface area contributed by atoms with Crippen molar-refractivity contribution in [2.24, 2.45) is 0 Å². The number of carbonyl (C=O) groups excluding carboxylic acids is 1. The van der Waals surface area contributed by atoms with E-state index in [1.165, 1.54) is 4.88 Å². The molecule has 0 atom stereocenters. The molecule has 0 radical (unpaired) electrons. The van der Waals surface area contributed by atoms with Crippen LogP contribution in [0.3, 0.4) is 0 Å². The van der Waals surface area contributed by atoms with Crippen LogP contribution in [0.2, 0.25) is 0 Å². The summed E-state index contributed by atoms with van der Waals surface area (Å²) in [6.07, 6.45) is 0.888. The number of hydrogen-bond donors (Lipinski definition) is 1. The van der Waals surface area contributed by atoms with Crippen molar-refractivity contribution in [3.63, 3.8) is 0 Å². The summed E-state index contributed by atoms with van der Waals surface area (Å²) in [4.78, 5) is 13.6. The molecule has 0 fully saturated rings. The van der Waals surface area contributed by atoms with E-state index >= 15 is 0 Å². The molecule has 0 spiro atoms. The number of thiol groups is 1. The summed E-state index contributed by atoms with van der Waals surface area (Å²) in [5, 5.41) is -0.185. The summed E-state index contributed by atoms with van der Waals surface area (Å²) in [5.41, 5.74) is 0. The molecular weight excluding hydrogens is 270 g/mol. The topological polar surface area (TPSA) is 20.3 Å². The second-order valence-electron chi connectivity index (χ2n) is 2.66. The third kappa shape index (κ3) is 3.70. The van der Waals surface area contributed by atoms with E-state index in [0.717, 1.165) is 16.8 Å². The lowest BCUT2D eigenvalue weighted by molar-refractivity contribution is 0.234. The van der Waals surface area contributed by atoms with Gasteiger partial charge in [0.05, 0.1) is 3.79 Å². The Balaban J connectivity index is 2.39. The second-order valence-corrected chi connectivity index (χ2v) is 5.59. The van der Waals surface area contributed by atoms with Crippen molar-refractivity contribution in [2.75, 3.05) is 13.6 Å². The van der Waals surface area contributed by atoms with Crippen LogP contribution >= 0.6 is 39.9 Å². The summed E-state index contributed by atoms with van der Waals surface area (Å²) in [7, 11) is 1.75. The van der Waals surface area contributed by atoms with Crippen LogP contribution in [0.4, 0.5) is 4.79 Å². The van der Waals surface area contributed by atoms with Crippen molar-refractivity contribution in [3.05, 3.63) is 20.8 Å². The molecule has 0 unspecified atom stereocenters. The Kier molecular flexibility index (Phi) is 4.28. The van der Waals surface area contributed by atoms with E-state index in [1.54, 1.807) is 23.3 Å². The number of hydrogen-bond acceptors (Lipinski definition) is 2. The minimum atomic E-state index is -0.185. The fourth-order valence-corrected chi connectivity index (χ4v) is 2.43. The minimum absolute atomic E-state index is 0.185. The molecule has 1 heterocycles. The zero-order valence-electron chi connectivity index (χ0n) is 7.16. The Bertz CT molecular complexity index is 300. The molecule has 0 saturated carbocycles. The predicted octanol–water partition coefficient (Wildman–Crippen LogP) is 3.03. The summed E-state index contributed by atoms with van der Waals surface area (Å²) < 4.78 is 1.13. The molecule has 1 aromatic heterocycles. The van der Waals surface area contributed by atoms with E-state index in [1.807, 2.05) is 6.07 Å². The molecule has 0 aromatic carbocycles. The number of amides is 1. The fraction of sp³-hybridized carbons (Fsp3) is 0.375. The summed E-state index contributed by atoms with van der Waals surface area (Å²) in [6, 6.07) is 4.08. The maximum atomic E-state index is 10.8. The van der Waals surface area contributed by atoms with Crippen LogP contribution in [-0.2, 0) is 6.42 Å². The molecule has 0 aliphatic carbocycles. The molecule has 1 aromatic rings. The third-order valence-electron chi connectivity index (χ3n) is 1.65. The van der Waals surface area contributed by atoms with Crippen LogP contribution < -0.4 is 0 Å². The van der Waals surface area contributed by atoms with Crippen LogP contribution in [0.1, 0.15) is 4.88 Å². The van der Waals surface area contributed by atoms with Crippen LogP contribution in [0.15, 0.2) is 15.9 Å². The van der Waals surface area contributed by atoms with Gasteiger partial charge in [-0.1, -0.05) is 12.6 Å². The highest BCUT2D eigenvalue weighted by Gasteiger charge is 2.04. The molecule has 0 saturated heterocycles. The van der Waals surface area contributed by atoms with Gasteiger partial charge in [-0.3, -0.25) is 4.79 Å². The standard InChI is InChI=1S/C8H10BrNOS2/c1-10(8(11)12)5-4-6-2-3-7(9)13-6/h2-3H,4-5H2,1H3,(H,11,12). The van der Waals surface area contributed by atoms with Crippen molar-refractivity contribution >= 4 is 45.1 Å². The van der Waals surface area contributed by atoms with Gasteiger partial charge in [-0.05, 0) is 34.5 Å². The van der Waals surface area contributed by atoms with Crippen molar-refractivity contribution < 1.29 is 4.79 Å². The van der Waals surface area contributed by atoms with Crippen LogP contribution in [-0.4, -0.2) is 23.7 Å². The summed E-state index contributed by atoms with van der Waals surface area (Å²) >= 11 is 8.81. The van der Waals surface area contributed by atoms with E-state index in [-0.39, 0.29) is 5.24 Å². The molecule has 72 valence electrons. The smallest absolute Gasteiger partial charge is 0.278 e. The Labute approximate surface area is 95.5 Å². The van der Waals surface area contributed by atoms with E-state index in [0.29, 0.717) is 0 Å². The van der Waals surface area contributed by atoms with Crippen LogP contribution in [0, 0.1) is 0 Å². The number of likely N-dealkylation sites (N-methyl/N-ethyl adjacent to an activating group) is 1. The normalized spacial score (nSPS) is 10.1. The monoisotopic (exact) mass is 279 g/mol. The molecule has 0 aliphatic heterocycles. The van der Waals surface area contributed by atoms with Gasteiger partial charge in [0.15, 0.2) is 0 Å². The molecule has 5 heteroatoms. The van der Waals surface area contributed by atoms with Gasteiger partial charge in [0.2, 0.25) is 0 Å². The number of nitrogens with zero attached hydrogens (tertiary/aromatic N) is 1. The van der Waals surface area contributed by atoms with E-state index in [2.05, 4.69) is 34.6 Å². The number of rotatable bonds is 3. The average Bonchev–Trinajstić information content (AvgIpc) is 2.47. The van der Waals surface area contributed by atoms with Gasteiger partial charge < -0.3 is 4.90 Å². The van der Waals surface area contributed by atoms with Crippen molar-refractivity contribution in [1.29, 1.82) is 0 Å². The van der Waals surface area contributed by atoms with Gasteiger partial charge in [-0.15, -0.1) is 11.3 Å². The summed E-state index contributed by atoms with van der Waals surface area (Å²) in [5.74, 6) is 0. The second kappa shape index (κ2) is 5.02. The highest BCUT2D eigenvalue weighted by atomic mass is 79.9. The largest absolute Gasteiger partial charge is 0.337 e. The van der Waals surface area contributed by atoms with Crippen LogP contribution in [0.25, 0.3) is 0 Å². The van der Waals surface area contributed by atoms with Crippen molar-refractivity contribution in [3.8, 4) is 0 Å². The first-order chi connectivity index (χ1) is 6.09. The highest BCUT2D eigenvalue weighted by Crippen LogP contribution is 2.22. The molecular formula is C8H10BrNOS2. The van der Waals surface area contributed by atoms with Crippen molar-refractivity contribution in [2.45, 2.75) is 6.42 Å². The maximum absolute atomic E-state index is 10.8. The Morgan fingerprint density at radius 1 is 1.69 bits per heavy atom. The zero-order valence-corrected chi connectivity index (χ0v) is 10.5. The lowest BCUT2D eigenvalue weighted by Crippen LogP contribution is -2.23. The average molecular weight is 280 g/mol. The first-order valence-electron chi connectivity index (χ1n) is 3.78. The number of thiophene rings is 1. The molecule has 2 nitrogen and oxygen atoms in total. The fourth-order valence-electron chi connectivity index (χ4n) is 0.860. The van der Waals surface area contributed by atoms with Crippen molar-refractivity contribution in [1.82, 2.24) is 4.90 Å². The lowest BCUT2D eigenvalue weighted by Gasteiger charge is -2.12. The Hall–Kier alpha value is -0.000000000000000111. The van der Waals surface area contributed by atoms with Gasteiger partial charge in [0.1, 0.15) is 0 Å². The maximum Gasteiger partial charge on any atom is 0.278 e. The first-order valence-corrected chi connectivity index (χ1v) is 5.83. The van der Waals surface area contributed by atoms with Crippen LogP contribution in [0.5, 0.6) is 0 Å². The SMILES string of the molecule is CN(CCc1ccc(Br)s1)C(=O)S. The van der Waals surface area contributed by atoms with Gasteiger partial charge in [-0.2, -0.15) is 0 Å². The molecule has 0 bridgehead atoms. The number of halogens is 1. The van der Waals surface area contributed by atoms with E-state index < -0.39 is 0 Å². The molecule has 0 aliphatic rings. The molecule has 0 N–H and O–H groups in total. The molecule has 13 heavy (non-hydrogen) atoms. The molecule has 1 amide bonds. The predicted molar refractivity (Wildman–Crippen MR) is 62.7 cm³/mol. The van der Waals surface area contributed by atoms with E-state index in [9.17, 15) is 4.79 Å². The van der Waals surface area contributed by atoms with Gasteiger partial charge in [0, 0.05) is 18.5 Å². The quantitative estimate of drug-likeness (QED) is 0.844. The van der Waals surface area contributed by atoms with Gasteiger partial charge in [0.25, 0.3) is 5.24 Å².